The lowest BCUT2D eigenvalue weighted by molar-refractivity contribution is 0.0738. The summed E-state index contributed by atoms with van der Waals surface area (Å²) in [6.07, 6.45) is 12.7. The Morgan fingerprint density at radius 2 is 1.84 bits per heavy atom. The number of hydrogen-bond donors (Lipinski definition) is 0. The van der Waals surface area contributed by atoms with Crippen LogP contribution in [0.15, 0.2) is 53.5 Å². The molecule has 222 valence electrons. The molecule has 0 unspecified atom stereocenters. The molecule has 3 saturated carbocycles. The predicted molar refractivity (Wildman–Crippen MR) is 157 cm³/mol. The van der Waals surface area contributed by atoms with Crippen LogP contribution in [0.4, 0.5) is 4.39 Å². The Kier molecular flexibility index (Phi) is 6.12. The van der Waals surface area contributed by atoms with Crippen molar-refractivity contribution in [1.82, 2.24) is 34.1 Å². The van der Waals surface area contributed by atoms with E-state index in [0.717, 1.165) is 53.1 Å². The Morgan fingerprint density at radius 3 is 2.53 bits per heavy atom. The first-order valence-corrected chi connectivity index (χ1v) is 16.9. The Balaban J connectivity index is 1.21. The molecule has 0 amide bonds. The highest BCUT2D eigenvalue weighted by Crippen LogP contribution is 2.53. The third kappa shape index (κ3) is 4.51. The van der Waals surface area contributed by atoms with E-state index < -0.39 is 15.4 Å². The highest BCUT2D eigenvalue weighted by molar-refractivity contribution is 7.89. The van der Waals surface area contributed by atoms with E-state index in [1.807, 2.05) is 6.20 Å². The monoisotopic (exact) mass is 619 g/mol. The Bertz CT molecular complexity index is 1890. The molecule has 0 spiro atoms. The molecule has 0 radical (unpaired) electrons. The quantitative estimate of drug-likeness (QED) is 0.263. The Morgan fingerprint density at radius 1 is 1.05 bits per heavy atom. The van der Waals surface area contributed by atoms with Crippen LogP contribution < -0.4 is 0 Å². The number of hydrogen-bond acceptors (Lipinski definition) is 8. The van der Waals surface area contributed by atoms with E-state index in [4.69, 9.17) is 0 Å². The summed E-state index contributed by atoms with van der Waals surface area (Å²) in [7, 11) is -2.32. The van der Waals surface area contributed by atoms with Crippen LogP contribution in [0.25, 0.3) is 11.8 Å². The highest BCUT2D eigenvalue weighted by atomic mass is 32.2. The number of halogens is 1. The Labute approximate surface area is 252 Å². The van der Waals surface area contributed by atoms with Gasteiger partial charge in [-0.25, -0.2) is 22.5 Å². The van der Waals surface area contributed by atoms with Crippen LogP contribution >= 0.6 is 11.3 Å². The number of ketones is 1. The molecule has 0 aliphatic heterocycles. The first kappa shape index (κ1) is 27.0. The van der Waals surface area contributed by atoms with Crippen molar-refractivity contribution in [3.8, 4) is 5.69 Å². The van der Waals surface area contributed by atoms with Crippen LogP contribution in [0.1, 0.15) is 76.8 Å². The van der Waals surface area contributed by atoms with Crippen LogP contribution in [0, 0.1) is 11.2 Å². The average Bonchev–Trinajstić information content (AvgIpc) is 3.88. The maximum Gasteiger partial charge on any atom is 0.264 e. The van der Waals surface area contributed by atoms with Crippen molar-refractivity contribution in [2.75, 3.05) is 0 Å². The van der Waals surface area contributed by atoms with Crippen molar-refractivity contribution in [3.05, 3.63) is 75.4 Å². The molecule has 3 aromatic heterocycles. The molecule has 43 heavy (non-hydrogen) atoms. The van der Waals surface area contributed by atoms with Crippen LogP contribution in [0.5, 0.6) is 0 Å². The van der Waals surface area contributed by atoms with Gasteiger partial charge in [0, 0.05) is 30.2 Å². The predicted octanol–water partition coefficient (Wildman–Crippen LogP) is 4.69. The van der Waals surface area contributed by atoms with Gasteiger partial charge in [-0.3, -0.25) is 4.79 Å². The fourth-order valence-electron chi connectivity index (χ4n) is 6.81. The van der Waals surface area contributed by atoms with Gasteiger partial charge in [0.25, 0.3) is 10.0 Å². The summed E-state index contributed by atoms with van der Waals surface area (Å²) in [5.74, 6) is 0.116. The topological polar surface area (TPSA) is 116 Å². The zero-order valence-corrected chi connectivity index (χ0v) is 25.2. The molecular formula is C30H30FN7O3S2. The molecule has 0 N–H and O–H groups in total. The molecule has 3 fully saturated rings. The second kappa shape index (κ2) is 9.73. The number of benzene rings is 1. The van der Waals surface area contributed by atoms with Gasteiger partial charge in [0.15, 0.2) is 5.01 Å². The lowest BCUT2D eigenvalue weighted by Gasteiger charge is -2.46. The van der Waals surface area contributed by atoms with Gasteiger partial charge >= 0.3 is 0 Å². The molecule has 4 aliphatic rings. The molecule has 8 rings (SSSR count). The van der Waals surface area contributed by atoms with Crippen LogP contribution in [0.2, 0.25) is 0 Å². The van der Waals surface area contributed by atoms with Gasteiger partial charge in [-0.15, -0.1) is 16.4 Å². The number of nitrogens with zero attached hydrogens (tertiary/aromatic N) is 7. The van der Waals surface area contributed by atoms with Crippen molar-refractivity contribution < 1.29 is 17.6 Å². The van der Waals surface area contributed by atoms with E-state index >= 15 is 0 Å². The van der Waals surface area contributed by atoms with Crippen LogP contribution in [-0.2, 0) is 23.5 Å². The van der Waals surface area contributed by atoms with Gasteiger partial charge < -0.3 is 0 Å². The molecule has 4 aliphatic carbocycles. The number of carbonyl (C=O) groups is 1. The van der Waals surface area contributed by atoms with E-state index in [1.54, 1.807) is 34.4 Å². The van der Waals surface area contributed by atoms with Crippen molar-refractivity contribution in [2.24, 2.45) is 12.5 Å². The van der Waals surface area contributed by atoms with Crippen molar-refractivity contribution in [3.63, 3.8) is 0 Å². The molecule has 4 aromatic rings. The minimum Gasteiger partial charge on any atom is -0.290 e. The van der Waals surface area contributed by atoms with Gasteiger partial charge in [0.1, 0.15) is 5.82 Å². The standard InChI is InChI=1S/C30H30FN7O3S2/c1-36-33-17-27(35-36)43(40,41)38(23-10-11-23)24-7-4-20-12-25-19(15-34-37(25)22-8-5-21(31)6-9-22)13-30(20,14-24)28(39)29-32-16-26(42-29)18-2-3-18/h5-6,8-9,12,15-18,23-24H,2-4,7,10-11,13-14H2,1H3/t24-,30-/m0/s1. The lowest BCUT2D eigenvalue weighted by Crippen LogP contribution is -2.51. The zero-order chi connectivity index (χ0) is 29.5. The molecule has 2 atom stereocenters. The number of thiazole rings is 1. The Hall–Kier alpha value is -3.55. The van der Waals surface area contributed by atoms with Crippen molar-refractivity contribution in [1.29, 1.82) is 0 Å². The maximum atomic E-state index is 14.7. The van der Waals surface area contributed by atoms with Crippen LogP contribution in [0.3, 0.4) is 0 Å². The fourth-order valence-corrected chi connectivity index (χ4v) is 9.73. The summed E-state index contributed by atoms with van der Waals surface area (Å²) in [6.45, 7) is 0. The number of Topliss-reactive ketones (excluding diaryl/α,β-unsaturated/α-hetero) is 1. The molecular weight excluding hydrogens is 590 g/mol. The van der Waals surface area contributed by atoms with Crippen molar-refractivity contribution >= 4 is 33.2 Å². The van der Waals surface area contributed by atoms with Gasteiger partial charge in [-0.05, 0) is 93.2 Å². The second-order valence-electron chi connectivity index (χ2n) is 12.2. The minimum absolute atomic E-state index is 0.0480. The first-order chi connectivity index (χ1) is 20.7. The largest absolute Gasteiger partial charge is 0.290 e. The average molecular weight is 620 g/mol. The third-order valence-corrected chi connectivity index (χ3v) is 12.3. The van der Waals surface area contributed by atoms with E-state index in [0.29, 0.717) is 36.6 Å². The SMILES string of the molecule is Cn1ncc(S(=O)(=O)N(C2CC2)[C@H]2CCC3=Cc4c(cnn4-c4ccc(F)cc4)C[C@]3(C(=O)c3ncc(C4CC4)s3)C2)n1. The van der Waals surface area contributed by atoms with Crippen LogP contribution in [-0.4, -0.2) is 60.3 Å². The third-order valence-electron chi connectivity index (χ3n) is 9.23. The van der Waals surface area contributed by atoms with Gasteiger partial charge in [-0.1, -0.05) is 5.57 Å². The van der Waals surface area contributed by atoms with E-state index in [-0.39, 0.29) is 28.7 Å². The van der Waals surface area contributed by atoms with Gasteiger partial charge in [0.2, 0.25) is 10.8 Å². The first-order valence-electron chi connectivity index (χ1n) is 14.7. The summed E-state index contributed by atoms with van der Waals surface area (Å²) >= 11 is 1.48. The summed E-state index contributed by atoms with van der Waals surface area (Å²) in [6, 6.07) is 5.69. The summed E-state index contributed by atoms with van der Waals surface area (Å²) in [4.78, 5) is 21.7. The lowest BCUT2D eigenvalue weighted by atomic mass is 9.61. The van der Waals surface area contributed by atoms with Crippen molar-refractivity contribution in [2.45, 2.75) is 74.4 Å². The minimum atomic E-state index is -3.92. The molecule has 1 aromatic carbocycles. The van der Waals surface area contributed by atoms with Gasteiger partial charge in [-0.2, -0.15) is 19.3 Å². The molecule has 3 heterocycles. The zero-order valence-electron chi connectivity index (χ0n) is 23.6. The number of aromatic nitrogens is 6. The number of rotatable bonds is 8. The summed E-state index contributed by atoms with van der Waals surface area (Å²) < 4.78 is 45.0. The number of aryl methyl sites for hydroxylation is 1. The number of fused-ring (bicyclic) bond motifs is 2. The normalized spacial score (nSPS) is 23.6. The molecule has 13 heteroatoms. The molecule has 10 nitrogen and oxygen atoms in total. The van der Waals surface area contributed by atoms with E-state index in [9.17, 15) is 17.6 Å². The fraction of sp³-hybridized carbons (Fsp3) is 0.433. The van der Waals surface area contributed by atoms with E-state index in [2.05, 4.69) is 26.4 Å². The summed E-state index contributed by atoms with van der Waals surface area (Å²) in [5.41, 5.74) is 2.52. The number of carbonyl (C=O) groups excluding carboxylic acids is 1. The summed E-state index contributed by atoms with van der Waals surface area (Å²) in [5, 5.41) is 13.2. The second-order valence-corrected chi connectivity index (χ2v) is 15.0. The van der Waals surface area contributed by atoms with Gasteiger partial charge in [0.05, 0.1) is 29.2 Å². The molecule has 0 saturated heterocycles. The highest BCUT2D eigenvalue weighted by Gasteiger charge is 2.54. The smallest absolute Gasteiger partial charge is 0.264 e. The number of allylic oxidation sites excluding steroid dienone is 1. The van der Waals surface area contributed by atoms with E-state index in [1.165, 1.54) is 34.5 Å². The maximum absolute atomic E-state index is 14.7. The number of sulfonamides is 1. The molecule has 0 bridgehead atoms.